The van der Waals surface area contributed by atoms with Crippen LogP contribution in [0, 0.1) is 10.1 Å². The van der Waals surface area contributed by atoms with Crippen LogP contribution < -0.4 is 9.64 Å². The van der Waals surface area contributed by atoms with Crippen LogP contribution in [0.25, 0.3) is 0 Å². The van der Waals surface area contributed by atoms with E-state index in [4.69, 9.17) is 30.5 Å². The Morgan fingerprint density at radius 2 is 2.03 bits per heavy atom. The van der Waals surface area contributed by atoms with E-state index < -0.39 is 41.0 Å². The zero-order valence-corrected chi connectivity index (χ0v) is 20.5. The number of carbonyl (C=O) groups is 1. The van der Waals surface area contributed by atoms with E-state index in [0.717, 1.165) is 5.56 Å². The van der Waals surface area contributed by atoms with Crippen LogP contribution in [0.1, 0.15) is 31.0 Å². The molecule has 0 radical (unpaired) electrons. The third-order valence-corrected chi connectivity index (χ3v) is 6.80. The Hall–Kier alpha value is -2.92. The molecule has 0 fully saturated rings. The number of aliphatic hydroxyl groups is 1. The summed E-state index contributed by atoms with van der Waals surface area (Å²) in [6.07, 6.45) is -2.03. The lowest BCUT2D eigenvalue weighted by molar-refractivity contribution is -0.385. The average Bonchev–Trinajstić information content (AvgIpc) is 3.18. The van der Waals surface area contributed by atoms with Gasteiger partial charge in [-0.15, -0.1) is 0 Å². The Kier molecular flexibility index (Phi) is 6.92. The van der Waals surface area contributed by atoms with Gasteiger partial charge in [0.2, 0.25) is 0 Å². The number of esters is 1. The first-order valence-electron chi connectivity index (χ1n) is 11.1. The first-order chi connectivity index (χ1) is 16.7. The summed E-state index contributed by atoms with van der Waals surface area (Å²) < 4.78 is 22.4. The second-order valence-electron chi connectivity index (χ2n) is 8.61. The molecule has 4 atom stereocenters. The number of methoxy groups -OCH3 is 2. The fraction of sp³-hybridized carbons (Fsp3) is 0.458. The van der Waals surface area contributed by atoms with Crippen molar-refractivity contribution in [2.75, 3.05) is 25.7 Å². The van der Waals surface area contributed by atoms with Gasteiger partial charge in [0.15, 0.2) is 11.9 Å². The summed E-state index contributed by atoms with van der Waals surface area (Å²) in [6.45, 7) is 3.51. The fourth-order valence-corrected chi connectivity index (χ4v) is 5.23. The number of benzene rings is 2. The lowest BCUT2D eigenvalue weighted by Gasteiger charge is -2.50. The highest BCUT2D eigenvalue weighted by molar-refractivity contribution is 6.30. The zero-order chi connectivity index (χ0) is 25.5. The maximum Gasteiger partial charge on any atom is 0.329 e. The number of nitrogens with zero attached hydrogens (tertiary/aromatic N) is 2. The van der Waals surface area contributed by atoms with Gasteiger partial charge >= 0.3 is 5.97 Å². The predicted molar refractivity (Wildman–Crippen MR) is 127 cm³/mol. The SMILES string of the molecule is CCOC(=O)[C@H]1Cc2cc(Cl)ccc2N1[C@H]1c2cc([N+](=O)[O-])ccc2O[C@](C)(C(OC)OC)[C@@H]1O. The van der Waals surface area contributed by atoms with Crippen LogP contribution in [-0.2, 0) is 25.4 Å². The Bertz CT molecular complexity index is 1140. The summed E-state index contributed by atoms with van der Waals surface area (Å²) in [5.74, 6) is -0.181. The van der Waals surface area contributed by atoms with E-state index in [1.165, 1.54) is 32.4 Å². The number of non-ortho nitro benzene ring substituents is 1. The predicted octanol–water partition coefficient (Wildman–Crippen LogP) is 3.41. The molecule has 0 unspecified atom stereocenters. The minimum atomic E-state index is -1.42. The molecule has 2 heterocycles. The summed E-state index contributed by atoms with van der Waals surface area (Å²) in [7, 11) is 2.84. The van der Waals surface area contributed by atoms with Gasteiger partial charge in [-0.2, -0.15) is 0 Å². The van der Waals surface area contributed by atoms with Gasteiger partial charge in [-0.1, -0.05) is 11.6 Å². The van der Waals surface area contributed by atoms with Crippen LogP contribution in [0.15, 0.2) is 36.4 Å². The molecule has 0 saturated heterocycles. The topological polar surface area (TPSA) is 121 Å². The summed E-state index contributed by atoms with van der Waals surface area (Å²) in [5.41, 5.74) is 0.201. The average molecular weight is 507 g/mol. The quantitative estimate of drug-likeness (QED) is 0.260. The van der Waals surface area contributed by atoms with Crippen molar-refractivity contribution in [1.82, 2.24) is 0 Å². The highest BCUT2D eigenvalue weighted by Crippen LogP contribution is 2.50. The van der Waals surface area contributed by atoms with E-state index in [0.29, 0.717) is 22.0 Å². The molecule has 2 aromatic rings. The van der Waals surface area contributed by atoms with E-state index in [-0.39, 0.29) is 18.7 Å². The molecule has 0 amide bonds. The number of hydrogen-bond acceptors (Lipinski definition) is 9. The van der Waals surface area contributed by atoms with Gasteiger partial charge in [-0.05, 0) is 43.7 Å². The van der Waals surface area contributed by atoms with Crippen molar-refractivity contribution in [2.45, 2.75) is 50.3 Å². The van der Waals surface area contributed by atoms with Crippen molar-refractivity contribution in [3.63, 3.8) is 0 Å². The molecular formula is C24H27ClN2O8. The van der Waals surface area contributed by atoms with E-state index in [1.807, 2.05) is 0 Å². The van der Waals surface area contributed by atoms with Crippen molar-refractivity contribution < 1.29 is 33.8 Å². The first kappa shape index (κ1) is 25.2. The Morgan fingerprint density at radius 1 is 1.31 bits per heavy atom. The molecule has 11 heteroatoms. The third kappa shape index (κ3) is 4.20. The highest BCUT2D eigenvalue weighted by Gasteiger charge is 2.56. The number of ether oxygens (including phenoxy) is 4. The van der Waals surface area contributed by atoms with Crippen molar-refractivity contribution in [1.29, 1.82) is 0 Å². The third-order valence-electron chi connectivity index (χ3n) is 6.56. The molecule has 0 bridgehead atoms. The summed E-state index contributed by atoms with van der Waals surface area (Å²) in [4.78, 5) is 25.9. The smallest absolute Gasteiger partial charge is 0.329 e. The number of nitro groups is 1. The molecule has 0 saturated carbocycles. The fourth-order valence-electron chi connectivity index (χ4n) is 5.03. The molecule has 1 N–H and O–H groups in total. The van der Waals surface area contributed by atoms with E-state index >= 15 is 0 Å². The van der Waals surface area contributed by atoms with E-state index in [9.17, 15) is 20.0 Å². The number of fused-ring (bicyclic) bond motifs is 2. The van der Waals surface area contributed by atoms with Crippen molar-refractivity contribution in [2.24, 2.45) is 0 Å². The number of anilines is 1. The Balaban J connectivity index is 1.95. The second kappa shape index (κ2) is 9.62. The van der Waals surface area contributed by atoms with Crippen LogP contribution in [-0.4, -0.2) is 60.9 Å². The van der Waals surface area contributed by atoms with Gasteiger partial charge < -0.3 is 29.0 Å². The summed E-state index contributed by atoms with van der Waals surface area (Å²) >= 11 is 6.22. The Labute approximate surface area is 207 Å². The maximum atomic E-state index is 13.1. The lowest BCUT2D eigenvalue weighted by Crippen LogP contribution is -2.63. The number of halogens is 1. The van der Waals surface area contributed by atoms with Gasteiger partial charge in [0.1, 0.15) is 17.9 Å². The number of nitro benzene ring substituents is 1. The molecule has 188 valence electrons. The minimum Gasteiger partial charge on any atom is -0.479 e. The zero-order valence-electron chi connectivity index (χ0n) is 19.8. The van der Waals surface area contributed by atoms with Crippen molar-refractivity contribution in [3.8, 4) is 5.75 Å². The van der Waals surface area contributed by atoms with Crippen LogP contribution in [0.5, 0.6) is 5.75 Å². The van der Waals surface area contributed by atoms with Crippen LogP contribution in [0.2, 0.25) is 5.02 Å². The van der Waals surface area contributed by atoms with E-state index in [1.54, 1.807) is 36.9 Å². The van der Waals surface area contributed by atoms with Crippen LogP contribution in [0.3, 0.4) is 0 Å². The number of rotatable bonds is 7. The van der Waals surface area contributed by atoms with Crippen LogP contribution >= 0.6 is 11.6 Å². The molecule has 10 nitrogen and oxygen atoms in total. The van der Waals surface area contributed by atoms with Gasteiger partial charge in [-0.3, -0.25) is 10.1 Å². The molecule has 2 aromatic carbocycles. The molecule has 4 rings (SSSR count). The van der Waals surface area contributed by atoms with E-state index in [2.05, 4.69) is 0 Å². The highest BCUT2D eigenvalue weighted by atomic mass is 35.5. The molecule has 2 aliphatic rings. The molecule has 35 heavy (non-hydrogen) atoms. The number of carbonyl (C=O) groups excluding carboxylic acids is 1. The molecule has 0 spiro atoms. The second-order valence-corrected chi connectivity index (χ2v) is 9.05. The standard InChI is InChI=1S/C24H27ClN2O8/c1-5-34-22(29)18-11-13-10-14(25)6-8-17(13)26(18)20-16-12-15(27(30)31)7-9-19(16)35-24(2,21(20)28)23(32-3)33-4/h6-10,12,18,20-21,23,28H,5,11H2,1-4H3/t18-,20+,21-,24+/m1/s1. The van der Waals surface area contributed by atoms with Gasteiger partial charge in [0, 0.05) is 49.0 Å². The summed E-state index contributed by atoms with van der Waals surface area (Å²) in [5, 5.41) is 23.9. The van der Waals surface area contributed by atoms with Gasteiger partial charge in [0.25, 0.3) is 5.69 Å². The van der Waals surface area contributed by atoms with Gasteiger partial charge in [-0.25, -0.2) is 4.79 Å². The first-order valence-corrected chi connectivity index (χ1v) is 11.5. The minimum absolute atomic E-state index is 0.172. The molecule has 0 aliphatic carbocycles. The van der Waals surface area contributed by atoms with Crippen molar-refractivity contribution >= 4 is 28.9 Å². The molecule has 2 aliphatic heterocycles. The normalized spacial score (nSPS) is 25.1. The lowest BCUT2D eigenvalue weighted by atomic mass is 9.83. The van der Waals surface area contributed by atoms with Crippen molar-refractivity contribution in [3.05, 3.63) is 62.7 Å². The van der Waals surface area contributed by atoms with Crippen LogP contribution in [0.4, 0.5) is 11.4 Å². The monoisotopic (exact) mass is 506 g/mol. The number of aliphatic hydroxyl groups excluding tert-OH is 1. The van der Waals surface area contributed by atoms with Gasteiger partial charge in [0.05, 0.1) is 17.6 Å². The number of hydrogen-bond donors (Lipinski definition) is 1. The summed E-state index contributed by atoms with van der Waals surface area (Å²) in [6, 6.07) is 7.62. The Morgan fingerprint density at radius 3 is 2.66 bits per heavy atom. The maximum absolute atomic E-state index is 13.1. The molecular weight excluding hydrogens is 480 g/mol. The largest absolute Gasteiger partial charge is 0.479 e. The molecule has 0 aromatic heterocycles.